The van der Waals surface area contributed by atoms with Crippen molar-refractivity contribution in [2.24, 2.45) is 7.05 Å². The molecule has 3 aromatic rings. The predicted octanol–water partition coefficient (Wildman–Crippen LogP) is 4.67. The molecule has 1 aliphatic heterocycles. The summed E-state index contributed by atoms with van der Waals surface area (Å²) in [5.41, 5.74) is 4.47. The van der Waals surface area contributed by atoms with E-state index in [1.807, 2.05) is 36.5 Å². The summed E-state index contributed by atoms with van der Waals surface area (Å²) in [6, 6.07) is 18.6. The van der Waals surface area contributed by atoms with Gasteiger partial charge in [0.25, 0.3) is 0 Å². The van der Waals surface area contributed by atoms with E-state index < -0.39 is 0 Å². The highest BCUT2D eigenvalue weighted by atomic mass is 79.9. The molecule has 2 aromatic heterocycles. The lowest BCUT2D eigenvalue weighted by Gasteiger charge is -2.28. The van der Waals surface area contributed by atoms with Crippen LogP contribution in [0, 0.1) is 6.92 Å². The van der Waals surface area contributed by atoms with Crippen molar-refractivity contribution in [1.82, 2.24) is 14.9 Å². The molecule has 3 heterocycles. The van der Waals surface area contributed by atoms with E-state index in [-0.39, 0.29) is 12.1 Å². The number of rotatable bonds is 3. The highest BCUT2D eigenvalue weighted by Crippen LogP contribution is 2.41. The van der Waals surface area contributed by atoms with Gasteiger partial charge in [-0.3, -0.25) is 4.98 Å². The number of thiocarbonyl (C=S) groups is 1. The Labute approximate surface area is 167 Å². The number of aryl methyl sites for hydroxylation is 1. The van der Waals surface area contributed by atoms with Crippen molar-refractivity contribution >= 4 is 38.9 Å². The summed E-state index contributed by atoms with van der Waals surface area (Å²) in [4.78, 5) is 6.77. The third-order valence-corrected chi connectivity index (χ3v) is 5.76. The second kappa shape index (κ2) is 6.85. The lowest BCUT2D eigenvalue weighted by molar-refractivity contribution is 0.539. The maximum Gasteiger partial charge on any atom is 0.174 e. The average molecular weight is 427 g/mol. The maximum absolute atomic E-state index is 5.73. The zero-order chi connectivity index (χ0) is 18.3. The van der Waals surface area contributed by atoms with Crippen molar-refractivity contribution in [3.8, 4) is 0 Å². The third-order valence-electron chi connectivity index (χ3n) is 4.92. The Morgan fingerprint density at radius 1 is 1.08 bits per heavy atom. The van der Waals surface area contributed by atoms with Gasteiger partial charge in [-0.15, -0.1) is 0 Å². The minimum absolute atomic E-state index is 0.0136. The van der Waals surface area contributed by atoms with Gasteiger partial charge in [0.1, 0.15) is 6.04 Å². The van der Waals surface area contributed by atoms with Gasteiger partial charge in [-0.2, -0.15) is 0 Å². The smallest absolute Gasteiger partial charge is 0.174 e. The highest BCUT2D eigenvalue weighted by molar-refractivity contribution is 9.10. The number of nitrogens with zero attached hydrogens (tertiary/aromatic N) is 3. The van der Waals surface area contributed by atoms with Crippen LogP contribution in [0.3, 0.4) is 0 Å². The van der Waals surface area contributed by atoms with E-state index in [1.54, 1.807) is 0 Å². The second-order valence-corrected chi connectivity index (χ2v) is 7.73. The average Bonchev–Trinajstić information content (AvgIpc) is 3.16. The molecule has 1 fully saturated rings. The topological polar surface area (TPSA) is 33.1 Å². The van der Waals surface area contributed by atoms with Crippen LogP contribution in [0.15, 0.2) is 65.3 Å². The van der Waals surface area contributed by atoms with Crippen molar-refractivity contribution in [2.75, 3.05) is 4.90 Å². The van der Waals surface area contributed by atoms with Gasteiger partial charge in [0.2, 0.25) is 0 Å². The van der Waals surface area contributed by atoms with Crippen LogP contribution >= 0.6 is 28.1 Å². The van der Waals surface area contributed by atoms with E-state index in [2.05, 4.69) is 73.9 Å². The Morgan fingerprint density at radius 2 is 1.85 bits per heavy atom. The first-order valence-corrected chi connectivity index (χ1v) is 9.65. The summed E-state index contributed by atoms with van der Waals surface area (Å²) < 4.78 is 3.27. The van der Waals surface area contributed by atoms with Crippen molar-refractivity contribution in [3.63, 3.8) is 0 Å². The number of pyridine rings is 1. The molecule has 0 radical (unpaired) electrons. The molecular formula is C20H19BrN4S. The zero-order valence-corrected chi connectivity index (χ0v) is 17.0. The number of halogens is 1. The summed E-state index contributed by atoms with van der Waals surface area (Å²) >= 11 is 9.24. The molecule has 0 aliphatic carbocycles. The van der Waals surface area contributed by atoms with Crippen molar-refractivity contribution in [3.05, 3.63) is 82.3 Å². The van der Waals surface area contributed by atoms with Crippen LogP contribution in [0.2, 0.25) is 0 Å². The van der Waals surface area contributed by atoms with Gasteiger partial charge in [0.15, 0.2) is 5.11 Å². The van der Waals surface area contributed by atoms with Crippen LogP contribution in [0.5, 0.6) is 0 Å². The van der Waals surface area contributed by atoms with Gasteiger partial charge in [-0.25, -0.2) is 0 Å². The van der Waals surface area contributed by atoms with Crippen LogP contribution in [0.25, 0.3) is 0 Å². The Balaban J connectivity index is 1.85. The third kappa shape index (κ3) is 2.93. The summed E-state index contributed by atoms with van der Waals surface area (Å²) in [6.07, 6.45) is 1.83. The molecule has 26 heavy (non-hydrogen) atoms. The Morgan fingerprint density at radius 3 is 2.46 bits per heavy atom. The van der Waals surface area contributed by atoms with E-state index >= 15 is 0 Å². The molecular weight excluding hydrogens is 408 g/mol. The molecule has 1 aliphatic rings. The fourth-order valence-electron chi connectivity index (χ4n) is 3.47. The minimum atomic E-state index is -0.0136. The molecule has 1 N–H and O–H groups in total. The number of hydrogen-bond donors (Lipinski definition) is 1. The van der Waals surface area contributed by atoms with Gasteiger partial charge in [0.05, 0.1) is 11.7 Å². The Kier molecular flexibility index (Phi) is 4.54. The Hall–Kier alpha value is -2.18. The number of nitrogens with one attached hydrogen (secondary N) is 1. The molecule has 0 spiro atoms. The van der Waals surface area contributed by atoms with Crippen molar-refractivity contribution in [1.29, 1.82) is 0 Å². The van der Waals surface area contributed by atoms with Crippen molar-refractivity contribution in [2.45, 2.75) is 19.0 Å². The summed E-state index contributed by atoms with van der Waals surface area (Å²) in [7, 11) is 2.10. The molecule has 6 heteroatoms. The van der Waals surface area contributed by atoms with E-state index in [1.165, 1.54) is 11.4 Å². The van der Waals surface area contributed by atoms with Crippen molar-refractivity contribution < 1.29 is 0 Å². The van der Waals surface area contributed by atoms with Crippen LogP contribution in [0.1, 0.15) is 29.2 Å². The fraction of sp³-hybridized carbons (Fsp3) is 0.200. The van der Waals surface area contributed by atoms with E-state index in [0.717, 1.165) is 15.9 Å². The number of hydrogen-bond acceptors (Lipinski definition) is 2. The van der Waals surface area contributed by atoms with Crippen LogP contribution in [0.4, 0.5) is 5.69 Å². The van der Waals surface area contributed by atoms with Crippen LogP contribution in [-0.4, -0.2) is 14.7 Å². The fourth-order valence-corrected chi connectivity index (χ4v) is 4.08. The number of aromatic nitrogens is 2. The summed E-state index contributed by atoms with van der Waals surface area (Å²) in [6.45, 7) is 2.12. The zero-order valence-electron chi connectivity index (χ0n) is 14.6. The molecule has 0 unspecified atom stereocenters. The largest absolute Gasteiger partial charge is 0.351 e. The molecule has 0 bridgehead atoms. The minimum Gasteiger partial charge on any atom is -0.351 e. The predicted molar refractivity (Wildman–Crippen MR) is 112 cm³/mol. The van der Waals surface area contributed by atoms with E-state index in [9.17, 15) is 0 Å². The lowest BCUT2D eigenvalue weighted by atomic mass is 10.0. The standard InChI is InChI=1S/C20H19BrN4S/c1-13-6-11-17(24(13)2)19-18(16-5-3-4-12-22-16)23-20(26)25(19)15-9-7-14(21)8-10-15/h3-12,18-19H,1-2H3,(H,23,26)/t18-,19+/m0/s1. The second-order valence-electron chi connectivity index (χ2n) is 6.43. The first-order chi connectivity index (χ1) is 12.6. The molecule has 2 atom stereocenters. The normalized spacial score (nSPS) is 19.7. The molecule has 132 valence electrons. The van der Waals surface area contributed by atoms with E-state index in [4.69, 9.17) is 12.2 Å². The first-order valence-electron chi connectivity index (χ1n) is 8.44. The Bertz CT molecular complexity index is 936. The van der Waals surface area contributed by atoms with E-state index in [0.29, 0.717) is 5.11 Å². The maximum atomic E-state index is 5.73. The molecule has 4 nitrogen and oxygen atoms in total. The molecule has 0 saturated carbocycles. The molecule has 0 amide bonds. The van der Waals surface area contributed by atoms with Crippen LogP contribution in [-0.2, 0) is 7.05 Å². The van der Waals surface area contributed by atoms with Gasteiger partial charge in [0, 0.05) is 34.8 Å². The quantitative estimate of drug-likeness (QED) is 0.616. The first kappa shape index (κ1) is 17.2. The summed E-state index contributed by atoms with van der Waals surface area (Å²) in [5.74, 6) is 0. The SMILES string of the molecule is Cc1ccc([C@@H]2[C@H](c3ccccn3)NC(=S)N2c2ccc(Br)cc2)n1C. The number of anilines is 1. The molecule has 1 aromatic carbocycles. The lowest BCUT2D eigenvalue weighted by Crippen LogP contribution is -2.30. The van der Waals surface area contributed by atoms with Crippen LogP contribution < -0.4 is 10.2 Å². The van der Waals surface area contributed by atoms with Gasteiger partial charge in [-0.1, -0.05) is 22.0 Å². The van der Waals surface area contributed by atoms with Gasteiger partial charge in [-0.05, 0) is 67.7 Å². The summed E-state index contributed by atoms with van der Waals surface area (Å²) in [5, 5.41) is 4.20. The highest BCUT2D eigenvalue weighted by Gasteiger charge is 2.41. The molecule has 4 rings (SSSR count). The van der Waals surface area contributed by atoms with Gasteiger partial charge >= 0.3 is 0 Å². The van der Waals surface area contributed by atoms with Gasteiger partial charge < -0.3 is 14.8 Å². The monoisotopic (exact) mass is 426 g/mol. The molecule has 1 saturated heterocycles. The number of benzene rings is 1.